The fourth-order valence-corrected chi connectivity index (χ4v) is 3.49. The van der Waals surface area contributed by atoms with E-state index in [4.69, 9.17) is 15.0 Å². The number of hydrogen-bond acceptors (Lipinski definition) is 6. The zero-order chi connectivity index (χ0) is 14.0. The third-order valence-electron chi connectivity index (χ3n) is 3.97. The summed E-state index contributed by atoms with van der Waals surface area (Å²) in [6, 6.07) is 3.76. The third-order valence-corrected chi connectivity index (χ3v) is 4.88. The summed E-state index contributed by atoms with van der Waals surface area (Å²) in [6.45, 7) is 0. The molecule has 2 aromatic heterocycles. The molecule has 6 heteroatoms. The van der Waals surface area contributed by atoms with E-state index in [1.165, 1.54) is 24.2 Å². The van der Waals surface area contributed by atoms with Crippen molar-refractivity contribution in [3.8, 4) is 10.8 Å². The van der Waals surface area contributed by atoms with E-state index < -0.39 is 0 Å². The van der Waals surface area contributed by atoms with E-state index in [0.717, 1.165) is 35.6 Å². The van der Waals surface area contributed by atoms with Crippen LogP contribution in [0, 0.1) is 0 Å². The van der Waals surface area contributed by atoms with E-state index in [0.29, 0.717) is 11.7 Å². The molecule has 0 unspecified atom stereocenters. The molecule has 0 spiro atoms. The second-order valence-electron chi connectivity index (χ2n) is 5.24. The number of anilines is 1. The molecule has 0 amide bonds. The summed E-state index contributed by atoms with van der Waals surface area (Å²) < 4.78 is 11.2. The summed E-state index contributed by atoms with van der Waals surface area (Å²) in [4.78, 5) is 5.46. The van der Waals surface area contributed by atoms with Crippen molar-refractivity contribution >= 4 is 16.3 Å². The van der Waals surface area contributed by atoms with Gasteiger partial charge in [-0.1, -0.05) is 30.8 Å². The van der Waals surface area contributed by atoms with Gasteiger partial charge in [-0.25, -0.2) is 0 Å². The molecule has 0 bridgehead atoms. The zero-order valence-corrected chi connectivity index (χ0v) is 12.4. The van der Waals surface area contributed by atoms with Crippen LogP contribution in [-0.2, 0) is 10.3 Å². The molecule has 1 fully saturated rings. The molecule has 1 aliphatic rings. The first-order valence-electron chi connectivity index (χ1n) is 6.98. The highest BCUT2D eigenvalue weighted by atomic mass is 32.1. The molecule has 3 rings (SSSR count). The lowest BCUT2D eigenvalue weighted by molar-refractivity contribution is -0.0365. The van der Waals surface area contributed by atoms with Gasteiger partial charge in [0.25, 0.3) is 5.89 Å². The van der Waals surface area contributed by atoms with Crippen molar-refractivity contribution in [3.63, 3.8) is 0 Å². The van der Waals surface area contributed by atoms with Crippen molar-refractivity contribution < 1.29 is 9.26 Å². The molecular formula is C14H19N3O2S. The molecular weight excluding hydrogens is 274 g/mol. The van der Waals surface area contributed by atoms with Crippen molar-refractivity contribution in [2.45, 2.75) is 44.1 Å². The minimum Gasteiger partial charge on any atom is -0.391 e. The largest absolute Gasteiger partial charge is 0.391 e. The number of nitrogens with two attached hydrogens (primary N) is 1. The van der Waals surface area contributed by atoms with Gasteiger partial charge < -0.3 is 15.0 Å². The summed E-state index contributed by atoms with van der Waals surface area (Å²) in [5.74, 6) is 1.20. The van der Waals surface area contributed by atoms with E-state index in [1.54, 1.807) is 7.11 Å². The topological polar surface area (TPSA) is 74.2 Å². The molecule has 0 aliphatic heterocycles. The summed E-state index contributed by atoms with van der Waals surface area (Å²) in [6.07, 6.45) is 6.69. The van der Waals surface area contributed by atoms with E-state index in [2.05, 4.69) is 10.1 Å². The van der Waals surface area contributed by atoms with Crippen LogP contribution in [0.4, 0.5) is 5.00 Å². The van der Waals surface area contributed by atoms with Crippen molar-refractivity contribution in [3.05, 3.63) is 18.0 Å². The Bertz CT molecular complexity index is 570. The second-order valence-corrected chi connectivity index (χ2v) is 6.35. The van der Waals surface area contributed by atoms with Gasteiger partial charge in [0.1, 0.15) is 5.60 Å². The summed E-state index contributed by atoms with van der Waals surface area (Å²) in [5, 5.41) is 4.91. The highest BCUT2D eigenvalue weighted by Crippen LogP contribution is 2.38. The Balaban J connectivity index is 1.91. The lowest BCUT2D eigenvalue weighted by Gasteiger charge is -2.27. The Morgan fingerprint density at radius 2 is 2.00 bits per heavy atom. The quantitative estimate of drug-likeness (QED) is 0.876. The van der Waals surface area contributed by atoms with Crippen LogP contribution >= 0.6 is 11.3 Å². The van der Waals surface area contributed by atoms with Gasteiger partial charge in [0.05, 0.1) is 9.88 Å². The summed E-state index contributed by atoms with van der Waals surface area (Å²) >= 11 is 1.45. The molecule has 20 heavy (non-hydrogen) atoms. The number of aromatic nitrogens is 2. The summed E-state index contributed by atoms with van der Waals surface area (Å²) in [5.41, 5.74) is 5.35. The zero-order valence-electron chi connectivity index (χ0n) is 11.6. The van der Waals surface area contributed by atoms with Crippen molar-refractivity contribution in [1.82, 2.24) is 10.1 Å². The first-order chi connectivity index (χ1) is 9.73. The number of nitrogens with zero attached hydrogens (tertiary/aromatic N) is 2. The molecule has 2 aromatic rings. The smallest absolute Gasteiger partial charge is 0.268 e. The van der Waals surface area contributed by atoms with Crippen LogP contribution in [0.3, 0.4) is 0 Å². The number of hydrogen-bond donors (Lipinski definition) is 1. The Hall–Kier alpha value is -1.40. The number of methoxy groups -OCH3 is 1. The molecule has 0 saturated heterocycles. The Kier molecular flexibility index (Phi) is 3.76. The maximum atomic E-state index is 5.79. The fourth-order valence-electron chi connectivity index (χ4n) is 2.80. The lowest BCUT2D eigenvalue weighted by atomic mass is 9.93. The second kappa shape index (κ2) is 5.54. The number of nitrogen functional groups attached to an aromatic ring is 1. The normalized spacial score (nSPS) is 18.9. The number of ether oxygens (including phenoxy) is 1. The average molecular weight is 293 g/mol. The van der Waals surface area contributed by atoms with Crippen LogP contribution in [0.5, 0.6) is 0 Å². The maximum absolute atomic E-state index is 5.79. The van der Waals surface area contributed by atoms with Gasteiger partial charge in [-0.05, 0) is 25.0 Å². The maximum Gasteiger partial charge on any atom is 0.268 e. The minimum atomic E-state index is -0.388. The van der Waals surface area contributed by atoms with E-state index in [1.807, 2.05) is 12.1 Å². The predicted octanol–water partition coefficient (Wildman–Crippen LogP) is 3.58. The Labute approximate surface area is 122 Å². The molecule has 0 aromatic carbocycles. The summed E-state index contributed by atoms with van der Waals surface area (Å²) in [7, 11) is 1.74. The van der Waals surface area contributed by atoms with Gasteiger partial charge in [0.15, 0.2) is 0 Å². The van der Waals surface area contributed by atoms with Crippen LogP contribution in [0.25, 0.3) is 10.8 Å². The molecule has 2 N–H and O–H groups in total. The van der Waals surface area contributed by atoms with E-state index >= 15 is 0 Å². The standard InChI is InChI=1S/C14H19N3O2S/c1-18-14(8-4-2-3-5-9-14)13-16-12(19-17-13)10-6-7-11(15)20-10/h6-7H,2-5,8-9,15H2,1H3. The molecule has 0 radical (unpaired) electrons. The van der Waals surface area contributed by atoms with Crippen LogP contribution in [-0.4, -0.2) is 17.3 Å². The van der Waals surface area contributed by atoms with Crippen LogP contribution in [0.1, 0.15) is 44.3 Å². The van der Waals surface area contributed by atoms with Gasteiger partial charge in [0.2, 0.25) is 5.82 Å². The van der Waals surface area contributed by atoms with Crippen molar-refractivity contribution in [2.75, 3.05) is 12.8 Å². The SMILES string of the molecule is COC1(c2noc(-c3ccc(N)s3)n2)CCCCCC1. The molecule has 108 valence electrons. The molecule has 1 aliphatic carbocycles. The van der Waals surface area contributed by atoms with Crippen molar-refractivity contribution in [2.24, 2.45) is 0 Å². The number of thiophene rings is 1. The van der Waals surface area contributed by atoms with Gasteiger partial charge in [-0.15, -0.1) is 11.3 Å². The van der Waals surface area contributed by atoms with Gasteiger partial charge >= 0.3 is 0 Å². The van der Waals surface area contributed by atoms with Gasteiger partial charge in [-0.3, -0.25) is 0 Å². The molecule has 5 nitrogen and oxygen atoms in total. The lowest BCUT2D eigenvalue weighted by Crippen LogP contribution is -2.29. The highest BCUT2D eigenvalue weighted by Gasteiger charge is 2.37. The molecule has 0 atom stereocenters. The van der Waals surface area contributed by atoms with Gasteiger partial charge in [0, 0.05) is 7.11 Å². The number of rotatable bonds is 3. The molecule has 2 heterocycles. The van der Waals surface area contributed by atoms with Crippen LogP contribution in [0.2, 0.25) is 0 Å². The fraction of sp³-hybridized carbons (Fsp3) is 0.571. The molecule has 1 saturated carbocycles. The van der Waals surface area contributed by atoms with Crippen LogP contribution < -0.4 is 5.73 Å². The monoisotopic (exact) mass is 293 g/mol. The minimum absolute atomic E-state index is 0.388. The Morgan fingerprint density at radius 1 is 1.25 bits per heavy atom. The predicted molar refractivity (Wildman–Crippen MR) is 78.4 cm³/mol. The van der Waals surface area contributed by atoms with E-state index in [9.17, 15) is 0 Å². The van der Waals surface area contributed by atoms with Crippen LogP contribution in [0.15, 0.2) is 16.7 Å². The average Bonchev–Trinajstić information content (AvgIpc) is 3.03. The third kappa shape index (κ3) is 2.45. The first-order valence-corrected chi connectivity index (χ1v) is 7.80. The first kappa shape index (κ1) is 13.6. The van der Waals surface area contributed by atoms with Gasteiger partial charge in [-0.2, -0.15) is 4.98 Å². The van der Waals surface area contributed by atoms with E-state index in [-0.39, 0.29) is 5.60 Å². The van der Waals surface area contributed by atoms with Crippen molar-refractivity contribution in [1.29, 1.82) is 0 Å². The highest BCUT2D eigenvalue weighted by molar-refractivity contribution is 7.19. The Morgan fingerprint density at radius 3 is 2.60 bits per heavy atom.